The van der Waals surface area contributed by atoms with Gasteiger partial charge in [0, 0.05) is 3.58 Å². The van der Waals surface area contributed by atoms with Crippen LogP contribution in [0.15, 0.2) is 20.5 Å². The second-order valence-corrected chi connectivity index (χ2v) is 6.70. The molecule has 0 aromatic carbocycles. The maximum atomic E-state index is 11.5. The van der Waals surface area contributed by atoms with Crippen LogP contribution in [0.5, 0.6) is 0 Å². The molecule has 1 aliphatic rings. The Kier molecular flexibility index (Phi) is 3.45. The van der Waals surface area contributed by atoms with Crippen LogP contribution in [-0.4, -0.2) is 10.9 Å². The standard InChI is InChI=1S/C9H13IO2S/c1-9(2,3)12-8(11)13-5-4-7(10)6-13/h4-6,13H,1-3H3. The summed E-state index contributed by atoms with van der Waals surface area (Å²) in [4.78, 5) is 11.5. The fourth-order valence-corrected chi connectivity index (χ4v) is 3.53. The summed E-state index contributed by atoms with van der Waals surface area (Å²) in [6.07, 6.45) is 1.95. The Morgan fingerprint density at radius 2 is 2.15 bits per heavy atom. The number of allylic oxidation sites excluding steroid dienone is 2. The van der Waals surface area contributed by atoms with E-state index in [1.165, 1.54) is 0 Å². The fraction of sp³-hybridized carbons (Fsp3) is 0.444. The number of ether oxygens (including phenoxy) is 1. The molecular formula is C9H13IO2S. The molecule has 1 atom stereocenters. The van der Waals surface area contributed by atoms with E-state index in [0.717, 1.165) is 3.58 Å². The van der Waals surface area contributed by atoms with Gasteiger partial charge in [-0.2, -0.15) is 0 Å². The first-order valence-electron chi connectivity index (χ1n) is 3.95. The second-order valence-electron chi connectivity index (χ2n) is 3.72. The summed E-state index contributed by atoms with van der Waals surface area (Å²) in [5.74, 6) is 0. The maximum absolute atomic E-state index is 11.5. The zero-order valence-electron chi connectivity index (χ0n) is 7.87. The van der Waals surface area contributed by atoms with Crippen molar-refractivity contribution in [1.29, 1.82) is 0 Å². The molecule has 0 fully saturated rings. The number of carbonyl (C=O) groups excluding carboxylic acids is 1. The largest absolute Gasteiger partial charge is 0.453 e. The van der Waals surface area contributed by atoms with E-state index in [2.05, 4.69) is 22.6 Å². The van der Waals surface area contributed by atoms with Crippen molar-refractivity contribution in [2.75, 3.05) is 0 Å². The summed E-state index contributed by atoms with van der Waals surface area (Å²) in [5.41, 5.74) is -0.380. The van der Waals surface area contributed by atoms with Gasteiger partial charge in [0.15, 0.2) is 0 Å². The van der Waals surface area contributed by atoms with Gasteiger partial charge in [0.25, 0.3) is 0 Å². The second kappa shape index (κ2) is 4.04. The molecule has 0 aromatic rings. The van der Waals surface area contributed by atoms with Crippen molar-refractivity contribution < 1.29 is 9.53 Å². The van der Waals surface area contributed by atoms with Gasteiger partial charge < -0.3 is 4.74 Å². The Hall–Kier alpha value is 0.0300. The molecule has 1 unspecified atom stereocenters. The van der Waals surface area contributed by atoms with Gasteiger partial charge in [-0.25, -0.2) is 4.79 Å². The van der Waals surface area contributed by atoms with E-state index in [-0.39, 0.29) is 10.9 Å². The smallest absolute Gasteiger partial charge is 0.354 e. The zero-order valence-corrected chi connectivity index (χ0v) is 10.9. The first-order valence-corrected chi connectivity index (χ1v) is 6.51. The third-order valence-corrected chi connectivity index (χ3v) is 3.96. The van der Waals surface area contributed by atoms with Gasteiger partial charge in [-0.3, -0.25) is 0 Å². The SMILES string of the molecule is CC(C)(C)OC(=O)[SH]1C=CC(I)=C1. The Bertz CT molecular complexity index is 276. The molecule has 4 heteroatoms. The third-order valence-electron chi connectivity index (χ3n) is 1.26. The molecule has 1 aliphatic heterocycles. The minimum atomic E-state index is -0.821. The minimum Gasteiger partial charge on any atom is -0.453 e. The van der Waals surface area contributed by atoms with Crippen molar-refractivity contribution in [2.45, 2.75) is 26.4 Å². The van der Waals surface area contributed by atoms with Crippen LogP contribution in [0, 0.1) is 0 Å². The minimum absolute atomic E-state index is 0.106. The predicted octanol–water partition coefficient (Wildman–Crippen LogP) is 3.73. The normalized spacial score (nSPS) is 24.3. The highest BCUT2D eigenvalue weighted by Crippen LogP contribution is 2.40. The van der Waals surface area contributed by atoms with Crippen molar-refractivity contribution >= 4 is 38.8 Å². The van der Waals surface area contributed by atoms with Crippen LogP contribution in [-0.2, 0) is 4.74 Å². The Morgan fingerprint density at radius 1 is 1.54 bits per heavy atom. The molecule has 0 N–H and O–H groups in total. The molecule has 2 nitrogen and oxygen atoms in total. The van der Waals surface area contributed by atoms with E-state index < -0.39 is 10.9 Å². The summed E-state index contributed by atoms with van der Waals surface area (Å²) in [5, 5.41) is 3.78. The van der Waals surface area contributed by atoms with Crippen molar-refractivity contribution in [2.24, 2.45) is 0 Å². The van der Waals surface area contributed by atoms with Gasteiger partial charge in [-0.15, -0.1) is 10.9 Å². The lowest BCUT2D eigenvalue weighted by Crippen LogP contribution is -2.22. The van der Waals surface area contributed by atoms with Crippen LogP contribution in [0.25, 0.3) is 0 Å². The number of hydrogen-bond acceptors (Lipinski definition) is 2. The van der Waals surface area contributed by atoms with Crippen LogP contribution in [0.4, 0.5) is 4.79 Å². The lowest BCUT2D eigenvalue weighted by molar-refractivity contribution is 0.0737. The summed E-state index contributed by atoms with van der Waals surface area (Å²) >= 11 is 2.20. The lowest BCUT2D eigenvalue weighted by Gasteiger charge is -2.21. The molecule has 1 heterocycles. The topological polar surface area (TPSA) is 26.3 Å². The first kappa shape index (κ1) is 11.1. The van der Waals surface area contributed by atoms with E-state index >= 15 is 0 Å². The van der Waals surface area contributed by atoms with Crippen molar-refractivity contribution in [3.8, 4) is 0 Å². The highest BCUT2D eigenvalue weighted by molar-refractivity contribution is 14.1. The molecule has 0 amide bonds. The molecule has 0 saturated carbocycles. The van der Waals surface area contributed by atoms with E-state index in [1.807, 2.05) is 37.7 Å². The van der Waals surface area contributed by atoms with Crippen molar-refractivity contribution in [1.82, 2.24) is 0 Å². The van der Waals surface area contributed by atoms with Crippen LogP contribution in [0.3, 0.4) is 0 Å². The van der Waals surface area contributed by atoms with Gasteiger partial charge in [0.05, 0.1) is 0 Å². The molecule has 0 radical (unpaired) electrons. The van der Waals surface area contributed by atoms with Crippen LogP contribution in [0.2, 0.25) is 0 Å². The maximum Gasteiger partial charge on any atom is 0.354 e. The molecule has 0 saturated heterocycles. The van der Waals surface area contributed by atoms with Gasteiger partial charge in [0.1, 0.15) is 5.60 Å². The van der Waals surface area contributed by atoms with E-state index in [0.29, 0.717) is 0 Å². The number of hydrogen-bond donors (Lipinski definition) is 1. The number of carbonyl (C=O) groups is 1. The molecule has 0 aromatic heterocycles. The third kappa shape index (κ3) is 3.72. The molecule has 74 valence electrons. The van der Waals surface area contributed by atoms with Crippen LogP contribution >= 0.6 is 33.5 Å². The summed E-state index contributed by atoms with van der Waals surface area (Å²) in [7, 11) is -0.821. The average molecular weight is 312 g/mol. The molecule has 0 bridgehead atoms. The van der Waals surface area contributed by atoms with E-state index in [4.69, 9.17) is 4.74 Å². The quantitative estimate of drug-likeness (QED) is 0.419. The molecule has 0 aliphatic carbocycles. The van der Waals surface area contributed by atoms with Gasteiger partial charge in [0.2, 0.25) is 0 Å². The van der Waals surface area contributed by atoms with Crippen LogP contribution in [0.1, 0.15) is 20.8 Å². The van der Waals surface area contributed by atoms with Gasteiger partial charge >= 0.3 is 5.30 Å². The monoisotopic (exact) mass is 312 g/mol. The molecule has 1 rings (SSSR count). The highest BCUT2D eigenvalue weighted by Gasteiger charge is 2.21. The summed E-state index contributed by atoms with van der Waals surface area (Å²) in [6, 6.07) is 0. The number of thiol groups is 1. The Balaban J connectivity index is 2.56. The van der Waals surface area contributed by atoms with E-state index in [9.17, 15) is 4.79 Å². The Morgan fingerprint density at radius 3 is 2.54 bits per heavy atom. The van der Waals surface area contributed by atoms with Crippen molar-refractivity contribution in [3.05, 3.63) is 20.5 Å². The summed E-state index contributed by atoms with van der Waals surface area (Å²) in [6.45, 7) is 5.65. The Labute approximate surface area is 94.9 Å². The highest BCUT2D eigenvalue weighted by atomic mass is 127. The number of rotatable bonds is 0. The van der Waals surface area contributed by atoms with Gasteiger partial charge in [-0.1, -0.05) is 0 Å². The zero-order chi connectivity index (χ0) is 10.1. The predicted molar refractivity (Wildman–Crippen MR) is 66.5 cm³/mol. The lowest BCUT2D eigenvalue weighted by atomic mass is 10.2. The van der Waals surface area contributed by atoms with Gasteiger partial charge in [-0.05, 0) is 60.3 Å². The van der Waals surface area contributed by atoms with E-state index in [1.54, 1.807) is 0 Å². The average Bonchev–Trinajstić information content (AvgIpc) is 2.31. The first-order chi connectivity index (χ1) is 5.88. The van der Waals surface area contributed by atoms with Crippen molar-refractivity contribution in [3.63, 3.8) is 0 Å². The van der Waals surface area contributed by atoms with Crippen LogP contribution < -0.4 is 0 Å². The number of halogens is 1. The fourth-order valence-electron chi connectivity index (χ4n) is 0.799. The molecule has 13 heavy (non-hydrogen) atoms. The molecule has 0 spiro atoms. The summed E-state index contributed by atoms with van der Waals surface area (Å²) < 4.78 is 6.38. The molecular weight excluding hydrogens is 299 g/mol.